The molecule has 10 unspecified atom stereocenters. The van der Waals surface area contributed by atoms with E-state index in [0.29, 0.717) is 29.1 Å². The van der Waals surface area contributed by atoms with Crippen LogP contribution in [-0.4, -0.2) is 57.2 Å². The molecular formula is C64H116O6P2. The van der Waals surface area contributed by atoms with Crippen molar-refractivity contribution in [3.05, 3.63) is 23.3 Å². The Balaban J connectivity index is 0.000000254. The number of hydrogen-bond donors (Lipinski definition) is 4. The molecule has 8 rings (SSSR count). The Morgan fingerprint density at radius 1 is 0.611 bits per heavy atom. The van der Waals surface area contributed by atoms with Crippen LogP contribution in [0.15, 0.2) is 23.3 Å². The SMILES string of the molecule is C.CC(=O)O[C@@H]1CC2[C@@]3(C)CC[C@H](C)C(C)(C)C3CC[C@@]2(C)[C@]2(C)CCC([C@@](C)(O)CCC=C(C)C)C12.CC(C)=CCC[C@](C)(O)C1CC[C@]2(C)C1[C@H](O)CC1[C@@]3(C)CC[C@H](O)C(C)(C)C3CC[C@]12C.[2H]PP. The summed E-state index contributed by atoms with van der Waals surface area (Å²) in [6, 6.07) is 0. The van der Waals surface area contributed by atoms with Crippen LogP contribution in [0.3, 0.4) is 0 Å². The first-order valence-corrected chi connectivity index (χ1v) is 31.5. The van der Waals surface area contributed by atoms with Gasteiger partial charge in [0.1, 0.15) is 6.10 Å². The molecule has 8 heteroatoms. The first-order valence-electron chi connectivity index (χ1n) is 29.7. The monoisotopic (exact) mass is 1040 g/mol. The Bertz CT molecular complexity index is 1970. The van der Waals surface area contributed by atoms with Crippen molar-refractivity contribution >= 4 is 23.8 Å². The predicted octanol–water partition coefficient (Wildman–Crippen LogP) is 16.1. The smallest absolute Gasteiger partial charge is 0.302 e. The second-order valence-corrected chi connectivity index (χ2v) is 30.0. The number of carbonyl (C=O) groups excluding carboxylic acids is 1. The third-order valence-electron chi connectivity index (χ3n) is 25.6. The fraction of sp³-hybridized carbons (Fsp3) is 0.922. The number of fused-ring (bicyclic) bond motifs is 10. The van der Waals surface area contributed by atoms with Crippen LogP contribution in [0.4, 0.5) is 0 Å². The summed E-state index contributed by atoms with van der Waals surface area (Å²) in [6.07, 6.45) is 22.8. The molecule has 0 amide bonds. The molecular weight excluding hydrogens is 927 g/mol. The Kier molecular flexibility index (Phi) is 18.4. The molecule has 418 valence electrons. The molecule has 0 heterocycles. The summed E-state index contributed by atoms with van der Waals surface area (Å²) in [5, 5.41) is 46.1. The normalized spacial score (nSPS) is 47.1. The summed E-state index contributed by atoms with van der Waals surface area (Å²) in [7, 11) is 2.52. The van der Waals surface area contributed by atoms with Gasteiger partial charge in [0.25, 0.3) is 0 Å². The molecule has 72 heavy (non-hydrogen) atoms. The molecule has 0 aromatic carbocycles. The minimum absolute atomic E-state index is 0. The highest BCUT2D eigenvalue weighted by molar-refractivity contribution is 7.92. The maximum Gasteiger partial charge on any atom is 0.302 e. The van der Waals surface area contributed by atoms with Crippen LogP contribution in [0.5, 0.6) is 0 Å². The minimum atomic E-state index is -0.751. The summed E-state index contributed by atoms with van der Waals surface area (Å²) in [6.45, 7) is 41.5. The summed E-state index contributed by atoms with van der Waals surface area (Å²) in [5.41, 5.74) is 2.34. The number of aliphatic hydroxyl groups is 4. The molecule has 0 radical (unpaired) electrons. The van der Waals surface area contributed by atoms with E-state index in [4.69, 9.17) is 6.02 Å². The quantitative estimate of drug-likeness (QED) is 0.104. The van der Waals surface area contributed by atoms with Gasteiger partial charge in [0, 0.05) is 12.8 Å². The van der Waals surface area contributed by atoms with Crippen LogP contribution in [0, 0.1) is 96.6 Å². The maximum absolute atomic E-state index is 12.5. The Morgan fingerprint density at radius 2 is 1.01 bits per heavy atom. The first-order chi connectivity index (χ1) is 33.0. The van der Waals surface area contributed by atoms with E-state index in [1.54, 1.807) is 6.92 Å². The van der Waals surface area contributed by atoms with Crippen molar-refractivity contribution in [2.24, 2.45) is 96.6 Å². The number of rotatable bonds is 9. The van der Waals surface area contributed by atoms with Crippen molar-refractivity contribution in [2.75, 3.05) is 0 Å². The molecule has 8 fully saturated rings. The molecule has 8 aliphatic carbocycles. The molecule has 0 aromatic rings. The van der Waals surface area contributed by atoms with Gasteiger partial charge >= 0.3 is 5.97 Å². The van der Waals surface area contributed by atoms with E-state index >= 15 is 0 Å². The number of ether oxygens (including phenoxy) is 1. The average molecular weight is 1040 g/mol. The van der Waals surface area contributed by atoms with Crippen LogP contribution >= 0.6 is 17.8 Å². The minimum Gasteiger partial charge on any atom is -0.462 e. The van der Waals surface area contributed by atoms with Gasteiger partial charge in [-0.05, 0) is 248 Å². The lowest BCUT2D eigenvalue weighted by atomic mass is 9.34. The number of carbonyl (C=O) groups is 1. The van der Waals surface area contributed by atoms with Gasteiger partial charge in [0.2, 0.25) is 0 Å². The standard InChI is InChI=1S/C33H56O3.C30H52O3.CH4.H4P2/c1-21(2)12-11-16-33(10,35)24-14-18-32(9)28(24)25(36-23(4)34)20-27-30(7)17-13-22(3)29(5,6)26(30)15-19-31(27,32)8;1-19(2)10-9-14-30(8,33)20-11-16-29(7)25(20)21(31)18-23-27(5)15-13-24(32)26(3,4)22(27)12-17-28(23,29)6;;1-2/h12,22,24-28,35H,11,13-20H2,1-10H3;10,20-25,31-33H,9,11-18H2,1-8H3;1H4;1-2H2/t22-,24?,25+,26?,27?,28?,30-,31+,32+,33-;20?,21-,22?,23?,24+,25?,27+,28-,29-,30+;;/m01../s1/i;;;1D. The van der Waals surface area contributed by atoms with Gasteiger partial charge in [-0.25, -0.2) is 0 Å². The largest absolute Gasteiger partial charge is 0.462 e. The lowest BCUT2D eigenvalue weighted by Crippen LogP contribution is -2.66. The molecule has 8 saturated carbocycles. The molecule has 0 spiro atoms. The molecule has 0 aliphatic heterocycles. The van der Waals surface area contributed by atoms with Gasteiger partial charge in [-0.3, -0.25) is 4.79 Å². The lowest BCUT2D eigenvalue weighted by molar-refractivity contribution is -0.246. The second kappa shape index (κ2) is 21.7. The Morgan fingerprint density at radius 3 is 1.47 bits per heavy atom. The number of aliphatic hydroxyl groups excluding tert-OH is 2. The van der Waals surface area contributed by atoms with Crippen LogP contribution in [0.1, 0.15) is 248 Å². The highest BCUT2D eigenvalue weighted by Gasteiger charge is 2.73. The van der Waals surface area contributed by atoms with Gasteiger partial charge in [-0.15, -0.1) is 17.8 Å². The van der Waals surface area contributed by atoms with Crippen molar-refractivity contribution in [1.82, 2.24) is 0 Å². The van der Waals surface area contributed by atoms with E-state index in [-0.39, 0.29) is 102 Å². The van der Waals surface area contributed by atoms with Gasteiger partial charge in [0.05, 0.1) is 24.7 Å². The highest BCUT2D eigenvalue weighted by atomic mass is 32.0. The van der Waals surface area contributed by atoms with Crippen molar-refractivity contribution in [1.29, 1.82) is 1.28 Å². The second-order valence-electron chi connectivity index (χ2n) is 30.0. The van der Waals surface area contributed by atoms with E-state index in [2.05, 4.69) is 132 Å². The molecule has 22 atom stereocenters. The highest BCUT2D eigenvalue weighted by Crippen LogP contribution is 2.78. The van der Waals surface area contributed by atoms with Crippen molar-refractivity contribution < 1.29 is 30.0 Å². The lowest BCUT2D eigenvalue weighted by Gasteiger charge is -2.71. The van der Waals surface area contributed by atoms with Crippen molar-refractivity contribution in [3.8, 4) is 0 Å². The van der Waals surface area contributed by atoms with E-state index in [1.165, 1.54) is 49.7 Å². The van der Waals surface area contributed by atoms with E-state index in [9.17, 15) is 25.2 Å². The zero-order chi connectivity index (χ0) is 54.2. The molecule has 0 bridgehead atoms. The van der Waals surface area contributed by atoms with E-state index < -0.39 is 11.2 Å². The van der Waals surface area contributed by atoms with Gasteiger partial charge in [0.15, 0.2) is 0 Å². The number of hydrogen-bond acceptors (Lipinski definition) is 6. The summed E-state index contributed by atoms with van der Waals surface area (Å²) < 4.78 is 12.5. The Hall–Kier alpha value is -0.350. The number of allylic oxidation sites excluding steroid dienone is 4. The van der Waals surface area contributed by atoms with Crippen LogP contribution < -0.4 is 0 Å². The zero-order valence-corrected chi connectivity index (χ0v) is 51.1. The zero-order valence-electron chi connectivity index (χ0n) is 50.0. The third-order valence-corrected chi connectivity index (χ3v) is 25.6. The number of esters is 1. The topological polar surface area (TPSA) is 107 Å². The van der Waals surface area contributed by atoms with Crippen LogP contribution in [0.25, 0.3) is 0 Å². The average Bonchev–Trinajstić information content (AvgIpc) is 3.84. The van der Waals surface area contributed by atoms with E-state index in [0.717, 1.165) is 83.0 Å². The fourth-order valence-electron chi connectivity index (χ4n) is 21.1. The van der Waals surface area contributed by atoms with E-state index in [1.807, 2.05) is 6.92 Å². The maximum atomic E-state index is 12.5. The molecule has 6 nitrogen and oxygen atoms in total. The van der Waals surface area contributed by atoms with Gasteiger partial charge in [-0.1, -0.05) is 107 Å². The summed E-state index contributed by atoms with van der Waals surface area (Å²) in [5.74, 6) is 3.57. The van der Waals surface area contributed by atoms with Crippen molar-refractivity contribution in [3.63, 3.8) is 0 Å². The third kappa shape index (κ3) is 10.2. The summed E-state index contributed by atoms with van der Waals surface area (Å²) in [4.78, 5) is 12.5. The van der Waals surface area contributed by atoms with Gasteiger partial charge in [-0.2, -0.15) is 0 Å². The molecule has 8 aliphatic rings. The van der Waals surface area contributed by atoms with Gasteiger partial charge < -0.3 is 25.2 Å². The summed E-state index contributed by atoms with van der Waals surface area (Å²) >= 11 is 0. The Labute approximate surface area is 450 Å². The van der Waals surface area contributed by atoms with Crippen molar-refractivity contribution in [2.45, 2.75) is 277 Å². The molecule has 4 N–H and O–H groups in total. The van der Waals surface area contributed by atoms with Crippen LogP contribution in [0.2, 0.25) is 0 Å². The predicted molar refractivity (Wildman–Crippen MR) is 310 cm³/mol. The fourth-order valence-corrected chi connectivity index (χ4v) is 21.1. The first kappa shape index (κ1) is 60.9. The van der Waals surface area contributed by atoms with Crippen LogP contribution in [-0.2, 0) is 9.53 Å². The molecule has 0 aromatic heterocycles. The molecule has 0 saturated heterocycles.